The average Bonchev–Trinajstić information content (AvgIpc) is 2.33. The minimum atomic E-state index is -1.24. The maximum absolute atomic E-state index is 11.6. The lowest BCUT2D eigenvalue weighted by molar-refractivity contribution is -0.141. The molecule has 0 radical (unpaired) electrons. The Labute approximate surface area is 116 Å². The van der Waals surface area contributed by atoms with Gasteiger partial charge in [0.25, 0.3) is 5.91 Å². The predicted octanol–water partition coefficient (Wildman–Crippen LogP) is -0.318. The van der Waals surface area contributed by atoms with E-state index in [4.69, 9.17) is 15.5 Å². The third-order valence-corrected chi connectivity index (χ3v) is 2.42. The highest BCUT2D eigenvalue weighted by atomic mass is 16.4. The second-order valence-electron chi connectivity index (χ2n) is 4.43. The van der Waals surface area contributed by atoms with Gasteiger partial charge in [-0.2, -0.15) is 5.26 Å². The van der Waals surface area contributed by atoms with Crippen LogP contribution in [-0.2, 0) is 14.4 Å². The van der Waals surface area contributed by atoms with Gasteiger partial charge in [-0.15, -0.1) is 0 Å². The molecule has 0 spiro atoms. The summed E-state index contributed by atoms with van der Waals surface area (Å²) < 4.78 is 0. The fourth-order valence-electron chi connectivity index (χ4n) is 1.21. The topological polar surface area (TPSA) is 140 Å². The number of hydrogen-bond acceptors (Lipinski definition) is 5. The number of nitrogens with one attached hydrogen (secondary N) is 2. The highest BCUT2D eigenvalue weighted by molar-refractivity contribution is 5.99. The van der Waals surface area contributed by atoms with Crippen LogP contribution in [0.2, 0.25) is 0 Å². The molecule has 0 aromatic heterocycles. The van der Waals surface area contributed by atoms with E-state index in [2.05, 4.69) is 10.6 Å². The summed E-state index contributed by atoms with van der Waals surface area (Å²) in [7, 11) is 0. The molecular weight excluding hydrogens is 266 g/mol. The number of carbonyl (C=O) groups excluding carboxylic acids is 1. The molecule has 2 unspecified atom stereocenters. The fraction of sp³-hybridized carbons (Fsp3) is 0.500. The van der Waals surface area contributed by atoms with Crippen LogP contribution in [0.5, 0.6) is 0 Å². The Morgan fingerprint density at radius 1 is 1.15 bits per heavy atom. The molecule has 20 heavy (non-hydrogen) atoms. The highest BCUT2D eigenvalue weighted by Crippen LogP contribution is 2.03. The lowest BCUT2D eigenvalue weighted by Gasteiger charge is -2.16. The Hall–Kier alpha value is -2.56. The Kier molecular flexibility index (Phi) is 6.79. The lowest BCUT2D eigenvalue weighted by atomic mass is 10.1. The zero-order valence-electron chi connectivity index (χ0n) is 11.4. The summed E-state index contributed by atoms with van der Waals surface area (Å²) in [5, 5.41) is 31.0. The van der Waals surface area contributed by atoms with Crippen molar-refractivity contribution in [2.24, 2.45) is 5.92 Å². The number of carboxylic acids is 2. The van der Waals surface area contributed by atoms with Gasteiger partial charge in [0, 0.05) is 6.20 Å². The van der Waals surface area contributed by atoms with Crippen molar-refractivity contribution in [3.8, 4) is 6.07 Å². The third-order valence-electron chi connectivity index (χ3n) is 2.42. The van der Waals surface area contributed by atoms with E-state index in [0.29, 0.717) is 0 Å². The van der Waals surface area contributed by atoms with Crippen LogP contribution >= 0.6 is 0 Å². The van der Waals surface area contributed by atoms with Gasteiger partial charge in [-0.1, -0.05) is 13.8 Å². The number of amides is 1. The molecule has 8 heteroatoms. The van der Waals surface area contributed by atoms with Crippen LogP contribution < -0.4 is 10.6 Å². The summed E-state index contributed by atoms with van der Waals surface area (Å²) in [5.41, 5.74) is -0.398. The first-order valence-electron chi connectivity index (χ1n) is 5.83. The normalized spacial score (nSPS) is 14.1. The number of nitrogens with zero attached hydrogens (tertiary/aromatic N) is 1. The maximum atomic E-state index is 11.6. The average molecular weight is 283 g/mol. The van der Waals surface area contributed by atoms with E-state index in [9.17, 15) is 14.4 Å². The maximum Gasteiger partial charge on any atom is 0.326 e. The second kappa shape index (κ2) is 7.78. The van der Waals surface area contributed by atoms with E-state index >= 15 is 0 Å². The van der Waals surface area contributed by atoms with Crippen molar-refractivity contribution >= 4 is 17.8 Å². The van der Waals surface area contributed by atoms with Gasteiger partial charge in [-0.25, -0.2) is 4.79 Å². The standard InChI is InChI=1S/C12H17N3O5/c1-6(2)9(12(19)20)14-5-8(4-13)10(16)15-7(3)11(17)18/h5-7,9,14H,1-3H3,(H,15,16)(H,17,18)(H,19,20)/b8-5-. The number of rotatable bonds is 7. The molecule has 0 aromatic carbocycles. The molecular formula is C12H17N3O5. The van der Waals surface area contributed by atoms with Gasteiger partial charge in [0.05, 0.1) is 0 Å². The summed E-state index contributed by atoms with van der Waals surface area (Å²) in [4.78, 5) is 33.1. The monoisotopic (exact) mass is 283 g/mol. The molecule has 0 aliphatic heterocycles. The first-order valence-corrected chi connectivity index (χ1v) is 5.83. The summed E-state index contributed by atoms with van der Waals surface area (Å²) in [6.07, 6.45) is 0.975. The fourth-order valence-corrected chi connectivity index (χ4v) is 1.21. The highest BCUT2D eigenvalue weighted by Gasteiger charge is 2.21. The largest absolute Gasteiger partial charge is 0.480 e. The van der Waals surface area contributed by atoms with Crippen molar-refractivity contribution in [2.45, 2.75) is 32.9 Å². The summed E-state index contributed by atoms with van der Waals surface area (Å²) in [6, 6.07) is -0.529. The summed E-state index contributed by atoms with van der Waals surface area (Å²) >= 11 is 0. The van der Waals surface area contributed by atoms with E-state index in [1.54, 1.807) is 19.9 Å². The summed E-state index contributed by atoms with van der Waals surface area (Å²) in [5.74, 6) is -3.51. The number of aliphatic carboxylic acids is 2. The van der Waals surface area contributed by atoms with Gasteiger partial charge in [-0.05, 0) is 12.8 Å². The SMILES string of the molecule is CC(NC(=O)/C(C#N)=C\NC(C(=O)O)C(C)C)C(=O)O. The van der Waals surface area contributed by atoms with Gasteiger partial charge >= 0.3 is 11.9 Å². The molecule has 0 fully saturated rings. The number of carboxylic acid groups (broad SMARTS) is 2. The molecule has 0 bridgehead atoms. The zero-order valence-corrected chi connectivity index (χ0v) is 11.4. The van der Waals surface area contributed by atoms with Crippen LogP contribution in [0.1, 0.15) is 20.8 Å². The van der Waals surface area contributed by atoms with Crippen LogP contribution in [-0.4, -0.2) is 40.1 Å². The van der Waals surface area contributed by atoms with E-state index in [1.807, 2.05) is 0 Å². The molecule has 0 aromatic rings. The molecule has 0 aliphatic carbocycles. The molecule has 0 heterocycles. The Balaban J connectivity index is 4.87. The van der Waals surface area contributed by atoms with Crippen molar-refractivity contribution in [3.05, 3.63) is 11.8 Å². The summed E-state index contributed by atoms with van der Waals surface area (Å²) in [6.45, 7) is 4.58. The minimum absolute atomic E-state index is 0.260. The number of carbonyl (C=O) groups is 3. The molecule has 0 saturated carbocycles. The van der Waals surface area contributed by atoms with Crippen LogP contribution in [0.4, 0.5) is 0 Å². The van der Waals surface area contributed by atoms with Crippen LogP contribution in [0.15, 0.2) is 11.8 Å². The van der Waals surface area contributed by atoms with Gasteiger partial charge in [-0.3, -0.25) is 9.59 Å². The molecule has 110 valence electrons. The molecule has 8 nitrogen and oxygen atoms in total. The van der Waals surface area contributed by atoms with E-state index < -0.39 is 35.5 Å². The zero-order chi connectivity index (χ0) is 15.9. The third kappa shape index (κ3) is 5.39. The van der Waals surface area contributed by atoms with Crippen molar-refractivity contribution in [1.29, 1.82) is 5.26 Å². The number of nitriles is 1. The first kappa shape index (κ1) is 17.4. The van der Waals surface area contributed by atoms with E-state index in [0.717, 1.165) is 6.20 Å². The second-order valence-corrected chi connectivity index (χ2v) is 4.43. The minimum Gasteiger partial charge on any atom is -0.480 e. The quantitative estimate of drug-likeness (QED) is 0.371. The first-order chi connectivity index (χ1) is 9.20. The molecule has 2 atom stereocenters. The smallest absolute Gasteiger partial charge is 0.326 e. The van der Waals surface area contributed by atoms with Gasteiger partial charge in [0.2, 0.25) is 0 Å². The molecule has 1 amide bonds. The Bertz CT molecular complexity index is 464. The molecule has 0 rings (SSSR count). The Morgan fingerprint density at radius 3 is 2.05 bits per heavy atom. The van der Waals surface area contributed by atoms with Crippen molar-refractivity contribution in [1.82, 2.24) is 10.6 Å². The van der Waals surface area contributed by atoms with Gasteiger partial charge < -0.3 is 20.8 Å². The van der Waals surface area contributed by atoms with Crippen molar-refractivity contribution in [2.75, 3.05) is 0 Å². The number of hydrogen-bond donors (Lipinski definition) is 4. The van der Waals surface area contributed by atoms with Gasteiger partial charge in [0.15, 0.2) is 0 Å². The van der Waals surface area contributed by atoms with Crippen molar-refractivity contribution < 1.29 is 24.6 Å². The Morgan fingerprint density at radius 2 is 1.70 bits per heavy atom. The van der Waals surface area contributed by atoms with Crippen molar-refractivity contribution in [3.63, 3.8) is 0 Å². The van der Waals surface area contributed by atoms with E-state index in [-0.39, 0.29) is 5.92 Å². The van der Waals surface area contributed by atoms with Crippen LogP contribution in [0.25, 0.3) is 0 Å². The van der Waals surface area contributed by atoms with Crippen LogP contribution in [0, 0.1) is 17.2 Å². The van der Waals surface area contributed by atoms with Crippen LogP contribution in [0.3, 0.4) is 0 Å². The van der Waals surface area contributed by atoms with E-state index in [1.165, 1.54) is 6.92 Å². The lowest BCUT2D eigenvalue weighted by Crippen LogP contribution is -2.41. The van der Waals surface area contributed by atoms with Gasteiger partial charge in [0.1, 0.15) is 23.7 Å². The molecule has 0 saturated heterocycles. The molecule has 0 aliphatic rings. The predicted molar refractivity (Wildman–Crippen MR) is 68.3 cm³/mol. The molecule has 4 N–H and O–H groups in total.